The molecule has 2 aromatic heterocycles. The van der Waals surface area contributed by atoms with Crippen molar-refractivity contribution in [2.45, 2.75) is 13.0 Å². The molecule has 2 rings (SSSR count). The predicted octanol–water partition coefficient (Wildman–Crippen LogP) is 1.81. The molecule has 0 unspecified atom stereocenters. The molecule has 4 heteroatoms. The van der Waals surface area contributed by atoms with Crippen molar-refractivity contribution < 1.29 is 4.42 Å². The van der Waals surface area contributed by atoms with Crippen molar-refractivity contribution >= 4 is 5.82 Å². The second-order valence-corrected chi connectivity index (χ2v) is 4.00. The van der Waals surface area contributed by atoms with Gasteiger partial charge < -0.3 is 15.1 Å². The highest BCUT2D eigenvalue weighted by Gasteiger charge is 2.05. The van der Waals surface area contributed by atoms with Crippen LogP contribution in [0.1, 0.15) is 11.3 Å². The van der Waals surface area contributed by atoms with Crippen LogP contribution >= 0.6 is 0 Å². The third-order valence-electron chi connectivity index (χ3n) is 2.61. The van der Waals surface area contributed by atoms with Crippen molar-refractivity contribution in [3.05, 3.63) is 48.0 Å². The summed E-state index contributed by atoms with van der Waals surface area (Å²) in [6.45, 7) is 1.37. The van der Waals surface area contributed by atoms with Gasteiger partial charge in [0.25, 0.3) is 0 Å². The van der Waals surface area contributed by atoms with Crippen LogP contribution in [0.15, 0.2) is 41.1 Å². The SMILES string of the molecule is CN(Cc1ccco1)c1ccc(CCN)cn1. The maximum absolute atomic E-state index is 5.50. The van der Waals surface area contributed by atoms with Gasteiger partial charge in [0.1, 0.15) is 11.6 Å². The van der Waals surface area contributed by atoms with Crippen molar-refractivity contribution in [1.82, 2.24) is 4.98 Å². The normalized spacial score (nSPS) is 10.5. The molecule has 0 spiro atoms. The van der Waals surface area contributed by atoms with Crippen molar-refractivity contribution in [2.75, 3.05) is 18.5 Å². The fourth-order valence-corrected chi connectivity index (χ4v) is 1.67. The molecule has 0 aliphatic rings. The molecule has 0 amide bonds. The summed E-state index contributed by atoms with van der Waals surface area (Å²) in [7, 11) is 1.99. The van der Waals surface area contributed by atoms with Gasteiger partial charge in [0, 0.05) is 13.2 Å². The number of rotatable bonds is 5. The van der Waals surface area contributed by atoms with E-state index in [4.69, 9.17) is 10.2 Å². The Morgan fingerprint density at radius 3 is 2.82 bits per heavy atom. The second kappa shape index (κ2) is 5.50. The highest BCUT2D eigenvalue weighted by molar-refractivity contribution is 5.38. The monoisotopic (exact) mass is 231 g/mol. The lowest BCUT2D eigenvalue weighted by molar-refractivity contribution is 0.507. The van der Waals surface area contributed by atoms with Gasteiger partial charge >= 0.3 is 0 Å². The molecular weight excluding hydrogens is 214 g/mol. The van der Waals surface area contributed by atoms with Gasteiger partial charge in [-0.25, -0.2) is 4.98 Å². The summed E-state index contributed by atoms with van der Waals surface area (Å²) in [5.74, 6) is 1.86. The van der Waals surface area contributed by atoms with Gasteiger partial charge in [-0.3, -0.25) is 0 Å². The number of nitrogens with zero attached hydrogens (tertiary/aromatic N) is 2. The molecule has 0 atom stereocenters. The molecule has 2 N–H and O–H groups in total. The molecule has 0 bridgehead atoms. The number of nitrogens with two attached hydrogens (primary N) is 1. The smallest absolute Gasteiger partial charge is 0.128 e. The van der Waals surface area contributed by atoms with Gasteiger partial charge in [-0.05, 0) is 36.7 Å². The molecule has 0 aliphatic carbocycles. The third kappa shape index (κ3) is 3.07. The highest BCUT2D eigenvalue weighted by atomic mass is 16.3. The topological polar surface area (TPSA) is 55.3 Å². The van der Waals surface area contributed by atoms with Crippen LogP contribution in [-0.4, -0.2) is 18.6 Å². The Labute approximate surface area is 101 Å². The van der Waals surface area contributed by atoms with Crippen LogP contribution in [0.5, 0.6) is 0 Å². The summed E-state index contributed by atoms with van der Waals surface area (Å²) in [6, 6.07) is 7.92. The van der Waals surface area contributed by atoms with E-state index in [1.165, 1.54) is 5.56 Å². The first-order valence-electron chi connectivity index (χ1n) is 5.68. The Morgan fingerprint density at radius 1 is 1.35 bits per heavy atom. The van der Waals surface area contributed by atoms with Crippen molar-refractivity contribution in [3.8, 4) is 0 Å². The van der Waals surface area contributed by atoms with Crippen molar-refractivity contribution in [3.63, 3.8) is 0 Å². The lowest BCUT2D eigenvalue weighted by Gasteiger charge is -2.16. The Morgan fingerprint density at radius 2 is 2.24 bits per heavy atom. The van der Waals surface area contributed by atoms with Crippen LogP contribution < -0.4 is 10.6 Å². The minimum atomic E-state index is 0.656. The fourth-order valence-electron chi connectivity index (χ4n) is 1.67. The first-order valence-corrected chi connectivity index (χ1v) is 5.68. The fraction of sp³-hybridized carbons (Fsp3) is 0.308. The maximum Gasteiger partial charge on any atom is 0.128 e. The van der Waals surface area contributed by atoms with Crippen LogP contribution in [0.3, 0.4) is 0 Å². The van der Waals surface area contributed by atoms with Crippen LogP contribution in [0.25, 0.3) is 0 Å². The number of hydrogen-bond donors (Lipinski definition) is 1. The number of anilines is 1. The summed E-state index contributed by atoms with van der Waals surface area (Å²) >= 11 is 0. The maximum atomic E-state index is 5.50. The largest absolute Gasteiger partial charge is 0.467 e. The summed E-state index contributed by atoms with van der Waals surface area (Å²) in [6.07, 6.45) is 4.43. The summed E-state index contributed by atoms with van der Waals surface area (Å²) in [5, 5.41) is 0. The summed E-state index contributed by atoms with van der Waals surface area (Å²) < 4.78 is 5.30. The lowest BCUT2D eigenvalue weighted by Crippen LogP contribution is -2.17. The summed E-state index contributed by atoms with van der Waals surface area (Å²) in [4.78, 5) is 6.45. The first kappa shape index (κ1) is 11.7. The summed E-state index contributed by atoms with van der Waals surface area (Å²) in [5.41, 5.74) is 6.67. The number of hydrogen-bond acceptors (Lipinski definition) is 4. The number of aromatic nitrogens is 1. The molecule has 0 fully saturated rings. The Hall–Kier alpha value is -1.81. The van der Waals surface area contributed by atoms with Crippen molar-refractivity contribution in [1.29, 1.82) is 0 Å². The van der Waals surface area contributed by atoms with E-state index in [2.05, 4.69) is 11.1 Å². The first-order chi connectivity index (χ1) is 8.29. The molecule has 4 nitrogen and oxygen atoms in total. The Balaban J connectivity index is 2.01. The van der Waals surface area contributed by atoms with Crippen molar-refractivity contribution in [2.24, 2.45) is 5.73 Å². The third-order valence-corrected chi connectivity index (χ3v) is 2.61. The zero-order valence-corrected chi connectivity index (χ0v) is 9.97. The van der Waals surface area contributed by atoms with E-state index in [9.17, 15) is 0 Å². The average molecular weight is 231 g/mol. The van der Waals surface area contributed by atoms with Gasteiger partial charge in [0.05, 0.1) is 12.8 Å². The quantitative estimate of drug-likeness (QED) is 0.852. The van der Waals surface area contributed by atoms with Gasteiger partial charge in [0.15, 0.2) is 0 Å². The predicted molar refractivity (Wildman–Crippen MR) is 67.8 cm³/mol. The molecule has 17 heavy (non-hydrogen) atoms. The zero-order valence-electron chi connectivity index (χ0n) is 9.97. The van der Waals surface area contributed by atoms with E-state index in [0.717, 1.165) is 24.5 Å². The van der Waals surface area contributed by atoms with Crippen LogP contribution in [0.4, 0.5) is 5.82 Å². The van der Waals surface area contributed by atoms with Gasteiger partial charge in [-0.15, -0.1) is 0 Å². The van der Waals surface area contributed by atoms with Crippen LogP contribution in [-0.2, 0) is 13.0 Å². The molecule has 0 saturated heterocycles. The molecule has 2 heterocycles. The lowest BCUT2D eigenvalue weighted by atomic mass is 10.2. The van der Waals surface area contributed by atoms with Gasteiger partial charge in [-0.1, -0.05) is 6.07 Å². The second-order valence-electron chi connectivity index (χ2n) is 4.00. The van der Waals surface area contributed by atoms with E-state index in [-0.39, 0.29) is 0 Å². The molecule has 0 saturated carbocycles. The molecule has 2 aromatic rings. The van der Waals surface area contributed by atoms with Crippen LogP contribution in [0.2, 0.25) is 0 Å². The Kier molecular flexibility index (Phi) is 3.77. The van der Waals surface area contributed by atoms with Crippen LogP contribution in [0, 0.1) is 0 Å². The molecule has 90 valence electrons. The standard InChI is InChI=1S/C13H17N3O/c1-16(10-12-3-2-8-17-12)13-5-4-11(6-7-14)9-15-13/h2-5,8-9H,6-7,10,14H2,1H3. The zero-order chi connectivity index (χ0) is 12.1. The van der Waals surface area contributed by atoms with E-state index < -0.39 is 0 Å². The van der Waals surface area contributed by atoms with E-state index in [1.54, 1.807) is 6.26 Å². The minimum absolute atomic E-state index is 0.656. The molecular formula is C13H17N3O. The highest BCUT2D eigenvalue weighted by Crippen LogP contribution is 2.13. The minimum Gasteiger partial charge on any atom is -0.467 e. The molecule has 0 aliphatic heterocycles. The Bertz CT molecular complexity index is 436. The van der Waals surface area contributed by atoms with Gasteiger partial charge in [0.2, 0.25) is 0 Å². The number of pyridine rings is 1. The van der Waals surface area contributed by atoms with E-state index >= 15 is 0 Å². The van der Waals surface area contributed by atoms with E-state index in [1.807, 2.05) is 36.3 Å². The van der Waals surface area contributed by atoms with E-state index in [0.29, 0.717) is 6.54 Å². The van der Waals surface area contributed by atoms with Gasteiger partial charge in [-0.2, -0.15) is 0 Å². The average Bonchev–Trinajstić information content (AvgIpc) is 2.83. The molecule has 0 aromatic carbocycles. The number of furan rings is 1. The molecule has 0 radical (unpaired) electrons.